The highest BCUT2D eigenvalue weighted by atomic mass is 16.8. The van der Waals surface area contributed by atoms with Gasteiger partial charge in [0.05, 0.1) is 31.5 Å². The zero-order valence-corrected chi connectivity index (χ0v) is 38.8. The summed E-state index contributed by atoms with van der Waals surface area (Å²) in [4.78, 5) is 12.4. The Labute approximate surface area is 380 Å². The second kappa shape index (κ2) is 17.5. The molecule has 5 aliphatic carbocycles. The number of carboxylic acids is 1. The predicted molar refractivity (Wildman–Crippen MR) is 226 cm³/mol. The summed E-state index contributed by atoms with van der Waals surface area (Å²) in [5, 5.41) is 119. The molecule has 0 aromatic rings. The van der Waals surface area contributed by atoms with Crippen molar-refractivity contribution in [2.75, 3.05) is 19.8 Å². The first kappa shape index (κ1) is 50.0. The van der Waals surface area contributed by atoms with Gasteiger partial charge in [-0.1, -0.05) is 53.2 Å². The summed E-state index contributed by atoms with van der Waals surface area (Å²) in [7, 11) is 0. The topological polar surface area (TPSA) is 295 Å². The molecule has 0 spiro atoms. The van der Waals surface area contributed by atoms with Crippen LogP contribution in [0.4, 0.5) is 0 Å². The number of hydrogen-bond donors (Lipinski definition) is 11. The summed E-state index contributed by atoms with van der Waals surface area (Å²) in [5.74, 6) is -1.30. The van der Waals surface area contributed by atoms with Crippen molar-refractivity contribution in [2.45, 2.75) is 204 Å². The fourth-order valence-electron chi connectivity index (χ4n) is 14.8. The van der Waals surface area contributed by atoms with Crippen LogP contribution in [0.25, 0.3) is 0 Å². The molecule has 8 rings (SSSR count). The summed E-state index contributed by atoms with van der Waals surface area (Å²) in [5.41, 5.74) is -0.739. The van der Waals surface area contributed by atoms with E-state index >= 15 is 0 Å². The van der Waals surface area contributed by atoms with E-state index in [-0.39, 0.29) is 58.0 Å². The van der Waals surface area contributed by atoms with Gasteiger partial charge in [-0.15, -0.1) is 0 Å². The molecule has 3 heterocycles. The van der Waals surface area contributed by atoms with Gasteiger partial charge in [0.1, 0.15) is 54.9 Å². The monoisotopic (exact) mass is 929 g/mol. The van der Waals surface area contributed by atoms with Gasteiger partial charge in [0, 0.05) is 17.4 Å². The maximum atomic E-state index is 12.4. The van der Waals surface area contributed by atoms with E-state index < -0.39 is 116 Å². The summed E-state index contributed by atoms with van der Waals surface area (Å²) in [6.07, 6.45) is -15.7. The molecule has 372 valence electrons. The van der Waals surface area contributed by atoms with Crippen LogP contribution in [0, 0.1) is 50.2 Å². The van der Waals surface area contributed by atoms with Crippen molar-refractivity contribution < 1.29 is 89.4 Å². The zero-order chi connectivity index (χ0) is 47.6. The summed E-state index contributed by atoms with van der Waals surface area (Å²) < 4.78 is 36.0. The second-order valence-corrected chi connectivity index (χ2v) is 23.0. The number of allylic oxidation sites excluding steroid dienone is 2. The average molecular weight is 929 g/mol. The number of carboxylic acid groups (broad SMARTS) is 1. The third kappa shape index (κ3) is 7.71. The molecule has 18 nitrogen and oxygen atoms in total. The molecule has 7 fully saturated rings. The van der Waals surface area contributed by atoms with E-state index in [2.05, 4.69) is 40.7 Å². The van der Waals surface area contributed by atoms with E-state index in [1.165, 1.54) is 12.5 Å². The molecule has 8 aliphatic rings. The van der Waals surface area contributed by atoms with Gasteiger partial charge in [-0.25, -0.2) is 4.79 Å². The number of aliphatic hydroxyl groups excluding tert-OH is 10. The van der Waals surface area contributed by atoms with E-state index in [0.29, 0.717) is 19.3 Å². The van der Waals surface area contributed by atoms with Crippen molar-refractivity contribution in [3.05, 3.63) is 11.6 Å². The minimum atomic E-state index is -2.02. The minimum Gasteiger partial charge on any atom is -0.479 e. The van der Waals surface area contributed by atoms with Crippen molar-refractivity contribution in [3.8, 4) is 0 Å². The highest BCUT2D eigenvalue weighted by molar-refractivity contribution is 5.73. The third-order valence-corrected chi connectivity index (χ3v) is 19.4. The van der Waals surface area contributed by atoms with Gasteiger partial charge in [0.2, 0.25) is 0 Å². The lowest BCUT2D eigenvalue weighted by Gasteiger charge is -2.72. The van der Waals surface area contributed by atoms with Crippen molar-refractivity contribution in [1.29, 1.82) is 0 Å². The first-order chi connectivity index (χ1) is 30.3. The number of fused-ring (bicyclic) bond motifs is 7. The SMILES string of the molecule is C[C@@H]1O[C@@H](O[C@H]2[C@H](O[C@H]3[C@H](O[C@H]4CC[C@@]5(C)[C@@H](CC[C@]6(C)[C@@H]5CC=C5[C@@H]7C[C@@](C)(CO)C[C@@H](O)[C@]7(C)CC[C@]56C)[C@@]4(C)CO)O[C@H](C(=O)O)[C@@H](O)[C@@H]3O)OC[C@@H](O)[C@@H]2O)[C@H](O)[C@H](O)[C@H]1O. The number of ether oxygens (including phenoxy) is 6. The van der Waals surface area contributed by atoms with Gasteiger partial charge in [0.15, 0.2) is 25.0 Å². The maximum absolute atomic E-state index is 12.4. The Bertz CT molecular complexity index is 1790. The fourth-order valence-corrected chi connectivity index (χ4v) is 14.8. The van der Waals surface area contributed by atoms with Crippen LogP contribution in [0.3, 0.4) is 0 Å². The van der Waals surface area contributed by atoms with E-state index in [1.807, 2.05) is 6.92 Å². The molecule has 4 saturated carbocycles. The van der Waals surface area contributed by atoms with Crippen LogP contribution in [-0.2, 0) is 33.2 Å². The number of aliphatic hydroxyl groups is 10. The van der Waals surface area contributed by atoms with Gasteiger partial charge in [0.25, 0.3) is 0 Å². The summed E-state index contributed by atoms with van der Waals surface area (Å²) >= 11 is 0. The molecular weight excluding hydrogens is 852 g/mol. The normalized spacial score (nSPS) is 56.9. The molecule has 3 saturated heterocycles. The Morgan fingerprint density at radius 3 is 2.03 bits per heavy atom. The molecule has 0 bridgehead atoms. The second-order valence-electron chi connectivity index (χ2n) is 23.0. The maximum Gasteiger partial charge on any atom is 0.335 e. The lowest BCUT2D eigenvalue weighted by molar-refractivity contribution is -0.387. The Kier molecular flexibility index (Phi) is 13.4. The van der Waals surface area contributed by atoms with Gasteiger partial charge in [-0.3, -0.25) is 0 Å². The molecule has 65 heavy (non-hydrogen) atoms. The van der Waals surface area contributed by atoms with E-state index in [9.17, 15) is 61.0 Å². The smallest absolute Gasteiger partial charge is 0.335 e. The summed E-state index contributed by atoms with van der Waals surface area (Å²) in [6.45, 7) is 14.1. The molecule has 0 unspecified atom stereocenters. The van der Waals surface area contributed by atoms with Crippen molar-refractivity contribution in [3.63, 3.8) is 0 Å². The number of carbonyl (C=O) groups is 1. The standard InChI is InChI=1S/C47H76O18/c1-21-29(52)31(54)34(57)39(61-21)64-36-30(53)24(50)18-60-40(36)65-37-33(56)32(55)35(38(58)59)63-41(37)62-28-11-12-44(4)25(45(28,5)20-49)10-13-47(7)26(44)9-8-22-23-16-42(2,19-48)17-27(51)43(23,3)14-15-46(22,47)6/h8,21,23-37,39-41,48-57H,9-20H2,1-7H3,(H,58,59)/t21-,23-,24+,25+,26+,27+,28-,29-,30-,31+,32-,33-,34+,35-,36+,37+,39-,40-,41+,42+,43+,44-,45+,46+,47+/m0/s1. The molecule has 0 amide bonds. The molecule has 0 radical (unpaired) electrons. The number of rotatable bonds is 9. The van der Waals surface area contributed by atoms with Crippen LogP contribution in [0.2, 0.25) is 0 Å². The first-order valence-electron chi connectivity index (χ1n) is 23.8. The predicted octanol–water partition coefficient (Wildman–Crippen LogP) is 0.316. The molecule has 18 heteroatoms. The van der Waals surface area contributed by atoms with Crippen LogP contribution in [0.5, 0.6) is 0 Å². The van der Waals surface area contributed by atoms with Gasteiger partial charge in [-0.2, -0.15) is 0 Å². The Morgan fingerprint density at radius 1 is 0.692 bits per heavy atom. The number of hydrogen-bond acceptors (Lipinski definition) is 17. The average Bonchev–Trinajstić information content (AvgIpc) is 3.25. The fraction of sp³-hybridized carbons (Fsp3) is 0.936. The zero-order valence-electron chi connectivity index (χ0n) is 38.8. The van der Waals surface area contributed by atoms with Gasteiger partial charge in [-0.05, 0) is 104 Å². The molecule has 0 aromatic heterocycles. The van der Waals surface area contributed by atoms with Gasteiger partial charge < -0.3 is 84.6 Å². The molecule has 11 N–H and O–H groups in total. The van der Waals surface area contributed by atoms with Crippen LogP contribution in [-0.4, -0.2) is 180 Å². The lowest BCUT2D eigenvalue weighted by Crippen LogP contribution is -2.68. The number of aliphatic carboxylic acids is 1. The van der Waals surface area contributed by atoms with Crippen LogP contribution >= 0.6 is 0 Å². The molecular formula is C47H76O18. The third-order valence-electron chi connectivity index (χ3n) is 19.4. The first-order valence-corrected chi connectivity index (χ1v) is 23.8. The lowest BCUT2D eigenvalue weighted by atomic mass is 9.33. The van der Waals surface area contributed by atoms with Crippen LogP contribution in [0.1, 0.15) is 106 Å². The Hall–Kier alpha value is -1.43. The van der Waals surface area contributed by atoms with Crippen molar-refractivity contribution >= 4 is 5.97 Å². The van der Waals surface area contributed by atoms with Crippen molar-refractivity contribution in [2.24, 2.45) is 50.2 Å². The van der Waals surface area contributed by atoms with E-state index in [4.69, 9.17) is 28.4 Å². The summed E-state index contributed by atoms with van der Waals surface area (Å²) in [6, 6.07) is 0. The van der Waals surface area contributed by atoms with E-state index in [1.54, 1.807) is 0 Å². The highest BCUT2D eigenvalue weighted by Crippen LogP contribution is 2.76. The van der Waals surface area contributed by atoms with E-state index in [0.717, 1.165) is 38.5 Å². The largest absolute Gasteiger partial charge is 0.479 e. The molecule has 0 aromatic carbocycles. The van der Waals surface area contributed by atoms with Crippen LogP contribution < -0.4 is 0 Å². The quantitative estimate of drug-likeness (QED) is 0.110. The Morgan fingerprint density at radius 2 is 1.37 bits per heavy atom. The minimum absolute atomic E-state index is 0.0214. The Balaban J connectivity index is 1.06. The van der Waals surface area contributed by atoms with Crippen LogP contribution in [0.15, 0.2) is 11.6 Å². The highest BCUT2D eigenvalue weighted by Gasteiger charge is 2.70. The molecule has 25 atom stereocenters. The molecule has 3 aliphatic heterocycles. The van der Waals surface area contributed by atoms with Gasteiger partial charge >= 0.3 is 5.97 Å². The van der Waals surface area contributed by atoms with Crippen molar-refractivity contribution in [1.82, 2.24) is 0 Å².